The molecule has 2 atom stereocenters. The summed E-state index contributed by atoms with van der Waals surface area (Å²) in [7, 11) is 4.15. The van der Waals surface area contributed by atoms with Gasteiger partial charge in [-0.05, 0) is 50.8 Å². The van der Waals surface area contributed by atoms with E-state index in [9.17, 15) is 9.90 Å². The average Bonchev–Trinajstić information content (AvgIpc) is 2.84. The Morgan fingerprint density at radius 1 is 1.42 bits per heavy atom. The minimum atomic E-state index is -0.740. The van der Waals surface area contributed by atoms with Crippen molar-refractivity contribution >= 4 is 17.3 Å². The largest absolute Gasteiger partial charge is 0.478 e. The van der Waals surface area contributed by atoms with Gasteiger partial charge in [0.15, 0.2) is 0 Å². The molecule has 0 aromatic carbocycles. The molecule has 0 saturated carbocycles. The van der Waals surface area contributed by atoms with Crippen LogP contribution in [-0.2, 0) is 17.6 Å². The monoisotopic (exact) mass is 351 g/mol. The van der Waals surface area contributed by atoms with E-state index >= 15 is 0 Å². The van der Waals surface area contributed by atoms with Crippen LogP contribution in [0.15, 0.2) is 0 Å². The fraction of sp³-hybridized carbons (Fsp3) is 0.737. The van der Waals surface area contributed by atoms with Crippen LogP contribution in [-0.4, -0.2) is 49.8 Å². The molecule has 4 nitrogen and oxygen atoms in total. The maximum Gasteiger partial charge on any atom is 0.337 e. The number of ether oxygens (including phenoxy) is 1. The van der Waals surface area contributed by atoms with E-state index in [2.05, 4.69) is 32.8 Å². The van der Waals surface area contributed by atoms with E-state index in [4.69, 9.17) is 4.74 Å². The molecule has 134 valence electrons. The first kappa shape index (κ1) is 17.9. The summed E-state index contributed by atoms with van der Waals surface area (Å²) in [5.41, 5.74) is 1.95. The van der Waals surface area contributed by atoms with E-state index in [1.54, 1.807) is 11.3 Å². The number of carboxylic acid groups (broad SMARTS) is 1. The number of carbonyl (C=O) groups is 1. The van der Waals surface area contributed by atoms with Crippen LogP contribution >= 0.6 is 11.3 Å². The Hall–Kier alpha value is -0.910. The highest BCUT2D eigenvalue weighted by Crippen LogP contribution is 2.46. The summed E-state index contributed by atoms with van der Waals surface area (Å²) in [6.45, 7) is 6.92. The highest BCUT2D eigenvalue weighted by molar-refractivity contribution is 7.12. The van der Waals surface area contributed by atoms with Crippen LogP contribution in [0.2, 0.25) is 0 Å². The first-order valence-corrected chi connectivity index (χ1v) is 9.70. The van der Waals surface area contributed by atoms with Crippen molar-refractivity contribution < 1.29 is 14.6 Å². The molecule has 1 aromatic rings. The zero-order valence-electron chi connectivity index (χ0n) is 15.2. The van der Waals surface area contributed by atoms with Gasteiger partial charge in [-0.15, -0.1) is 11.3 Å². The SMILES string of the molecule is CN(C)C[C@H]1COCC[C@H]1c1sc2c(c1C(=O)O)CC(C)(C)CC2. The van der Waals surface area contributed by atoms with Crippen LogP contribution in [0.3, 0.4) is 0 Å². The van der Waals surface area contributed by atoms with Crippen LogP contribution < -0.4 is 0 Å². The number of nitrogens with zero attached hydrogens (tertiary/aromatic N) is 1. The highest BCUT2D eigenvalue weighted by Gasteiger charge is 2.37. The zero-order valence-corrected chi connectivity index (χ0v) is 16.0. The van der Waals surface area contributed by atoms with Gasteiger partial charge in [0.25, 0.3) is 0 Å². The fourth-order valence-electron chi connectivity index (χ4n) is 4.23. The Labute approximate surface area is 148 Å². The minimum absolute atomic E-state index is 0.203. The molecule has 0 amide bonds. The van der Waals surface area contributed by atoms with Crippen LogP contribution in [0.5, 0.6) is 0 Å². The molecule has 1 aliphatic heterocycles. The van der Waals surface area contributed by atoms with Crippen molar-refractivity contribution in [3.05, 3.63) is 20.9 Å². The molecule has 1 aromatic heterocycles. The molecule has 5 heteroatoms. The van der Waals surface area contributed by atoms with Crippen LogP contribution in [0.25, 0.3) is 0 Å². The van der Waals surface area contributed by atoms with E-state index in [-0.39, 0.29) is 5.41 Å². The van der Waals surface area contributed by atoms with Gasteiger partial charge >= 0.3 is 5.97 Å². The number of aryl methyl sites for hydroxylation is 1. The van der Waals surface area contributed by atoms with Crippen molar-refractivity contribution in [2.24, 2.45) is 11.3 Å². The maximum atomic E-state index is 12.1. The summed E-state index contributed by atoms with van der Waals surface area (Å²) in [6.07, 6.45) is 3.99. The maximum absolute atomic E-state index is 12.1. The van der Waals surface area contributed by atoms with Crippen molar-refractivity contribution in [1.29, 1.82) is 0 Å². The smallest absolute Gasteiger partial charge is 0.337 e. The highest BCUT2D eigenvalue weighted by atomic mass is 32.1. The molecule has 2 heterocycles. The van der Waals surface area contributed by atoms with Crippen LogP contribution in [0.4, 0.5) is 0 Å². The lowest BCUT2D eigenvalue weighted by molar-refractivity contribution is 0.0306. The van der Waals surface area contributed by atoms with Crippen molar-refractivity contribution in [1.82, 2.24) is 4.90 Å². The topological polar surface area (TPSA) is 49.8 Å². The first-order valence-electron chi connectivity index (χ1n) is 8.88. The molecule has 2 aliphatic rings. The van der Waals surface area contributed by atoms with E-state index in [0.717, 1.165) is 55.9 Å². The lowest BCUT2D eigenvalue weighted by Crippen LogP contribution is -2.34. The second-order valence-electron chi connectivity index (χ2n) is 8.38. The van der Waals surface area contributed by atoms with E-state index < -0.39 is 5.97 Å². The number of aromatic carboxylic acids is 1. The van der Waals surface area contributed by atoms with E-state index in [1.165, 1.54) is 4.88 Å². The van der Waals surface area contributed by atoms with Crippen LogP contribution in [0, 0.1) is 11.3 Å². The number of hydrogen-bond donors (Lipinski definition) is 1. The summed E-state index contributed by atoms with van der Waals surface area (Å²) in [6, 6.07) is 0. The van der Waals surface area contributed by atoms with Gasteiger partial charge in [-0.25, -0.2) is 4.79 Å². The number of thiophene rings is 1. The molecule has 0 radical (unpaired) electrons. The number of fused-ring (bicyclic) bond motifs is 1. The Bertz CT molecular complexity index is 620. The lowest BCUT2D eigenvalue weighted by atomic mass is 9.75. The molecule has 1 saturated heterocycles. The Morgan fingerprint density at radius 2 is 2.17 bits per heavy atom. The second-order valence-corrected chi connectivity index (χ2v) is 9.52. The Kier molecular flexibility index (Phi) is 5.05. The third-order valence-corrected chi connectivity index (χ3v) is 6.85. The van der Waals surface area contributed by atoms with Gasteiger partial charge in [-0.2, -0.15) is 0 Å². The predicted octanol–water partition coefficient (Wildman–Crippen LogP) is 3.64. The molecule has 1 fully saturated rings. The van der Waals surface area contributed by atoms with Crippen molar-refractivity contribution in [3.63, 3.8) is 0 Å². The molecule has 0 bridgehead atoms. The Morgan fingerprint density at radius 3 is 2.83 bits per heavy atom. The molecule has 1 aliphatic carbocycles. The van der Waals surface area contributed by atoms with Gasteiger partial charge in [-0.1, -0.05) is 13.8 Å². The van der Waals surface area contributed by atoms with E-state index in [0.29, 0.717) is 17.4 Å². The predicted molar refractivity (Wildman–Crippen MR) is 97.3 cm³/mol. The molecule has 1 N–H and O–H groups in total. The molecule has 24 heavy (non-hydrogen) atoms. The number of carboxylic acids is 1. The summed E-state index contributed by atoms with van der Waals surface area (Å²) in [4.78, 5) is 16.7. The minimum Gasteiger partial charge on any atom is -0.478 e. The third-order valence-electron chi connectivity index (χ3n) is 5.43. The van der Waals surface area contributed by atoms with Crippen molar-refractivity contribution in [2.45, 2.75) is 45.4 Å². The van der Waals surface area contributed by atoms with Gasteiger partial charge in [0.05, 0.1) is 12.2 Å². The molecule has 0 spiro atoms. The summed E-state index contributed by atoms with van der Waals surface area (Å²) >= 11 is 1.77. The zero-order chi connectivity index (χ0) is 17.5. The van der Waals surface area contributed by atoms with Gasteiger partial charge in [0.1, 0.15) is 0 Å². The average molecular weight is 352 g/mol. The molecule has 0 unspecified atom stereocenters. The fourth-order valence-corrected chi connectivity index (χ4v) is 5.77. The molecular formula is C19H29NO3S. The summed E-state index contributed by atoms with van der Waals surface area (Å²) in [5.74, 6) is -0.0544. The van der Waals surface area contributed by atoms with Crippen molar-refractivity contribution in [2.75, 3.05) is 33.9 Å². The summed E-state index contributed by atoms with van der Waals surface area (Å²) in [5, 5.41) is 9.94. The third kappa shape index (κ3) is 3.53. The van der Waals surface area contributed by atoms with Crippen molar-refractivity contribution in [3.8, 4) is 0 Å². The normalized spacial score (nSPS) is 26.4. The standard InChI is InChI=1S/C19H29NO3S/c1-19(2)7-5-15-14(9-19)16(18(21)22)17(24-15)13-6-8-23-11-12(13)10-20(3)4/h12-13H,5-11H2,1-4H3,(H,21,22)/t12-,13+/m0/s1. The van der Waals surface area contributed by atoms with Gasteiger partial charge in [0.2, 0.25) is 0 Å². The quantitative estimate of drug-likeness (QED) is 0.900. The number of rotatable bonds is 4. The lowest BCUT2D eigenvalue weighted by Gasteiger charge is -2.33. The number of hydrogen-bond acceptors (Lipinski definition) is 4. The van der Waals surface area contributed by atoms with Gasteiger partial charge in [0, 0.05) is 34.7 Å². The Balaban J connectivity index is 2.00. The molecular weight excluding hydrogens is 322 g/mol. The molecule has 3 rings (SSSR count). The van der Waals surface area contributed by atoms with Gasteiger partial charge in [-0.3, -0.25) is 0 Å². The summed E-state index contributed by atoms with van der Waals surface area (Å²) < 4.78 is 5.70. The first-order chi connectivity index (χ1) is 11.3. The van der Waals surface area contributed by atoms with Crippen LogP contribution in [0.1, 0.15) is 58.3 Å². The second kappa shape index (κ2) is 6.77. The van der Waals surface area contributed by atoms with Gasteiger partial charge < -0.3 is 14.7 Å². The van der Waals surface area contributed by atoms with E-state index in [1.807, 2.05) is 0 Å².